The van der Waals surface area contributed by atoms with Gasteiger partial charge in [0, 0.05) is 19.1 Å². The topological polar surface area (TPSA) is 85.2 Å². The Morgan fingerprint density at radius 3 is 2.86 bits per heavy atom. The lowest BCUT2D eigenvalue weighted by molar-refractivity contribution is 0.0664. The van der Waals surface area contributed by atoms with Crippen molar-refractivity contribution >= 4 is 5.91 Å². The fraction of sp³-hybridized carbons (Fsp3) is 0.625. The number of hydrogen-bond acceptors (Lipinski definition) is 5. The van der Waals surface area contributed by atoms with Gasteiger partial charge in [-0.05, 0) is 12.8 Å². The van der Waals surface area contributed by atoms with Gasteiger partial charge < -0.3 is 15.2 Å². The Morgan fingerprint density at radius 2 is 2.29 bits per heavy atom. The van der Waals surface area contributed by atoms with Crippen LogP contribution in [0.3, 0.4) is 0 Å². The minimum Gasteiger partial charge on any atom is -0.334 e. The molecule has 76 valence electrons. The third-order valence-corrected chi connectivity index (χ3v) is 2.37. The third kappa shape index (κ3) is 1.74. The van der Waals surface area contributed by atoms with Gasteiger partial charge in [-0.15, -0.1) is 0 Å². The van der Waals surface area contributed by atoms with Crippen LogP contribution in [0.25, 0.3) is 0 Å². The van der Waals surface area contributed by atoms with E-state index in [0.29, 0.717) is 13.1 Å². The summed E-state index contributed by atoms with van der Waals surface area (Å²) in [6.07, 6.45) is 2.89. The van der Waals surface area contributed by atoms with Gasteiger partial charge in [0.15, 0.2) is 6.33 Å². The number of aromatic nitrogens is 2. The van der Waals surface area contributed by atoms with Crippen LogP contribution >= 0.6 is 0 Å². The highest BCUT2D eigenvalue weighted by atomic mass is 16.5. The molecule has 0 bridgehead atoms. The summed E-state index contributed by atoms with van der Waals surface area (Å²) in [4.78, 5) is 17.1. The molecular weight excluding hydrogens is 184 g/mol. The Kier molecular flexibility index (Phi) is 2.45. The number of carbonyl (C=O) groups excluding carboxylic acids is 1. The zero-order chi connectivity index (χ0) is 9.97. The monoisotopic (exact) mass is 196 g/mol. The fourth-order valence-electron chi connectivity index (χ4n) is 1.51. The van der Waals surface area contributed by atoms with E-state index in [0.717, 1.165) is 12.8 Å². The molecule has 1 amide bonds. The first kappa shape index (κ1) is 9.14. The first-order chi connectivity index (χ1) is 6.77. The molecule has 1 aliphatic heterocycles. The normalized spacial score (nSPS) is 18.5. The van der Waals surface area contributed by atoms with E-state index < -0.39 is 0 Å². The summed E-state index contributed by atoms with van der Waals surface area (Å²) in [5.74, 6) is -0.144. The van der Waals surface area contributed by atoms with E-state index in [1.165, 1.54) is 6.33 Å². The molecule has 1 aliphatic rings. The third-order valence-electron chi connectivity index (χ3n) is 2.37. The number of rotatable bonds is 1. The minimum absolute atomic E-state index is 0.0560. The van der Waals surface area contributed by atoms with Crippen molar-refractivity contribution in [1.29, 1.82) is 0 Å². The van der Waals surface area contributed by atoms with Gasteiger partial charge in [0.25, 0.3) is 0 Å². The van der Waals surface area contributed by atoms with Gasteiger partial charge >= 0.3 is 11.8 Å². The van der Waals surface area contributed by atoms with E-state index >= 15 is 0 Å². The number of nitrogens with zero attached hydrogens (tertiary/aromatic N) is 3. The molecule has 1 fully saturated rings. The zero-order valence-electron chi connectivity index (χ0n) is 7.72. The molecular formula is C8H12N4O2. The van der Waals surface area contributed by atoms with Crippen LogP contribution in [0.2, 0.25) is 0 Å². The molecule has 0 atom stereocenters. The smallest absolute Gasteiger partial charge is 0.315 e. The molecule has 1 aromatic rings. The van der Waals surface area contributed by atoms with Crippen molar-refractivity contribution in [3.8, 4) is 0 Å². The molecule has 2 rings (SSSR count). The van der Waals surface area contributed by atoms with Gasteiger partial charge in [0.1, 0.15) is 0 Å². The second kappa shape index (κ2) is 3.75. The van der Waals surface area contributed by atoms with Crippen molar-refractivity contribution < 1.29 is 9.32 Å². The van der Waals surface area contributed by atoms with Crippen LogP contribution in [0, 0.1) is 0 Å². The van der Waals surface area contributed by atoms with Crippen molar-refractivity contribution in [3.05, 3.63) is 12.2 Å². The maximum Gasteiger partial charge on any atom is 0.315 e. The van der Waals surface area contributed by atoms with Gasteiger partial charge in [-0.1, -0.05) is 5.16 Å². The minimum atomic E-state index is -0.200. The quantitative estimate of drug-likeness (QED) is 0.662. The number of carbonyl (C=O) groups is 1. The van der Waals surface area contributed by atoms with Gasteiger partial charge in [-0.3, -0.25) is 4.79 Å². The van der Waals surface area contributed by atoms with Crippen molar-refractivity contribution in [1.82, 2.24) is 15.0 Å². The Hall–Kier alpha value is -1.43. The van der Waals surface area contributed by atoms with Gasteiger partial charge in [0.05, 0.1) is 0 Å². The predicted molar refractivity (Wildman–Crippen MR) is 47.4 cm³/mol. The predicted octanol–water partition coefficient (Wildman–Crippen LogP) is -0.367. The van der Waals surface area contributed by atoms with Crippen LogP contribution in [0.1, 0.15) is 23.5 Å². The van der Waals surface area contributed by atoms with Crippen LogP contribution in [-0.4, -0.2) is 40.1 Å². The zero-order valence-corrected chi connectivity index (χ0v) is 7.72. The summed E-state index contributed by atoms with van der Waals surface area (Å²) in [6.45, 7) is 1.34. The van der Waals surface area contributed by atoms with Crippen LogP contribution in [0.5, 0.6) is 0 Å². The van der Waals surface area contributed by atoms with E-state index in [2.05, 4.69) is 10.1 Å². The van der Waals surface area contributed by atoms with Crippen molar-refractivity contribution in [3.63, 3.8) is 0 Å². The summed E-state index contributed by atoms with van der Waals surface area (Å²) >= 11 is 0. The van der Waals surface area contributed by atoms with Crippen molar-refractivity contribution in [2.75, 3.05) is 13.1 Å². The van der Waals surface area contributed by atoms with Gasteiger partial charge in [-0.2, -0.15) is 4.98 Å². The van der Waals surface area contributed by atoms with Crippen LogP contribution in [0.15, 0.2) is 10.9 Å². The average molecular weight is 196 g/mol. The molecule has 0 unspecified atom stereocenters. The van der Waals surface area contributed by atoms with Gasteiger partial charge in [0.2, 0.25) is 0 Å². The Morgan fingerprint density at radius 1 is 1.57 bits per heavy atom. The first-order valence-electron chi connectivity index (χ1n) is 4.59. The highest BCUT2D eigenvalue weighted by molar-refractivity contribution is 5.89. The molecule has 2 N–H and O–H groups in total. The molecule has 6 nitrogen and oxygen atoms in total. The highest BCUT2D eigenvalue weighted by Gasteiger charge is 2.24. The van der Waals surface area contributed by atoms with Crippen LogP contribution in [-0.2, 0) is 0 Å². The lowest BCUT2D eigenvalue weighted by Crippen LogP contribution is -2.42. The Balaban J connectivity index is 1.99. The van der Waals surface area contributed by atoms with E-state index in [1.807, 2.05) is 0 Å². The molecule has 1 aromatic heterocycles. The SMILES string of the molecule is NC1CCN(C(=O)c2ncno2)CC1. The number of amides is 1. The lowest BCUT2D eigenvalue weighted by atomic mass is 10.1. The van der Waals surface area contributed by atoms with E-state index in [1.54, 1.807) is 4.90 Å². The summed E-state index contributed by atoms with van der Waals surface area (Å²) in [7, 11) is 0. The lowest BCUT2D eigenvalue weighted by Gasteiger charge is -2.28. The van der Waals surface area contributed by atoms with Crippen LogP contribution < -0.4 is 5.73 Å². The molecule has 0 aromatic carbocycles. The van der Waals surface area contributed by atoms with Crippen molar-refractivity contribution in [2.45, 2.75) is 18.9 Å². The maximum atomic E-state index is 11.7. The molecule has 0 saturated carbocycles. The first-order valence-corrected chi connectivity index (χ1v) is 4.59. The summed E-state index contributed by atoms with van der Waals surface area (Å²) < 4.78 is 4.69. The second-order valence-electron chi connectivity index (χ2n) is 3.38. The Labute approximate surface area is 81.1 Å². The van der Waals surface area contributed by atoms with Crippen molar-refractivity contribution in [2.24, 2.45) is 5.73 Å². The highest BCUT2D eigenvalue weighted by Crippen LogP contribution is 2.10. The molecule has 2 heterocycles. The largest absolute Gasteiger partial charge is 0.334 e. The molecule has 6 heteroatoms. The molecule has 0 aliphatic carbocycles. The number of piperidine rings is 1. The number of hydrogen-bond donors (Lipinski definition) is 1. The van der Waals surface area contributed by atoms with Crippen LogP contribution in [0.4, 0.5) is 0 Å². The fourth-order valence-corrected chi connectivity index (χ4v) is 1.51. The van der Waals surface area contributed by atoms with E-state index in [4.69, 9.17) is 10.3 Å². The van der Waals surface area contributed by atoms with Gasteiger partial charge in [-0.25, -0.2) is 0 Å². The molecule has 0 spiro atoms. The average Bonchev–Trinajstić information content (AvgIpc) is 2.71. The van der Waals surface area contributed by atoms with E-state index in [-0.39, 0.29) is 17.8 Å². The Bertz CT molecular complexity index is 303. The molecule has 1 saturated heterocycles. The summed E-state index contributed by atoms with van der Waals surface area (Å²) in [5, 5.41) is 3.39. The number of nitrogens with two attached hydrogens (primary N) is 1. The molecule has 14 heavy (non-hydrogen) atoms. The summed E-state index contributed by atoms with van der Waals surface area (Å²) in [5.41, 5.74) is 5.73. The molecule has 0 radical (unpaired) electrons. The van der Waals surface area contributed by atoms with E-state index in [9.17, 15) is 4.79 Å². The standard InChI is InChI=1S/C8H12N4O2/c9-6-1-3-12(4-2-6)8(13)7-10-5-11-14-7/h5-6H,1-4,9H2. The maximum absolute atomic E-state index is 11.7. The second-order valence-corrected chi connectivity index (χ2v) is 3.38. The number of likely N-dealkylation sites (tertiary alicyclic amines) is 1. The summed E-state index contributed by atoms with van der Waals surface area (Å²) in [6, 6.07) is 0.210.